The van der Waals surface area contributed by atoms with Crippen LogP contribution in [0.2, 0.25) is 0 Å². The minimum atomic E-state index is -0.343. The SMILES string of the molecule is CCOC(=O)C[C@H]1O[C@@H](C)Cn2c1cc1c(C(C)=O)cccc12. The molecule has 23 heavy (non-hydrogen) atoms. The summed E-state index contributed by atoms with van der Waals surface area (Å²) in [6, 6.07) is 7.71. The van der Waals surface area contributed by atoms with Crippen molar-refractivity contribution >= 4 is 22.7 Å². The van der Waals surface area contributed by atoms with Gasteiger partial charge in [0.1, 0.15) is 6.10 Å². The van der Waals surface area contributed by atoms with Crippen LogP contribution in [0.4, 0.5) is 0 Å². The monoisotopic (exact) mass is 315 g/mol. The largest absolute Gasteiger partial charge is 0.466 e. The van der Waals surface area contributed by atoms with Crippen LogP contribution in [0.15, 0.2) is 24.3 Å². The second-order valence-electron chi connectivity index (χ2n) is 5.92. The van der Waals surface area contributed by atoms with Crippen molar-refractivity contribution in [3.8, 4) is 0 Å². The highest BCUT2D eigenvalue weighted by atomic mass is 16.5. The van der Waals surface area contributed by atoms with E-state index in [0.29, 0.717) is 18.7 Å². The number of hydrogen-bond acceptors (Lipinski definition) is 4. The van der Waals surface area contributed by atoms with E-state index >= 15 is 0 Å². The van der Waals surface area contributed by atoms with Crippen molar-refractivity contribution in [1.82, 2.24) is 4.57 Å². The highest BCUT2D eigenvalue weighted by molar-refractivity contribution is 6.06. The molecule has 1 aromatic carbocycles. The summed E-state index contributed by atoms with van der Waals surface area (Å²) in [6.45, 7) is 6.42. The highest BCUT2D eigenvalue weighted by Gasteiger charge is 2.30. The van der Waals surface area contributed by atoms with Crippen LogP contribution in [0, 0.1) is 0 Å². The van der Waals surface area contributed by atoms with E-state index in [1.165, 1.54) is 0 Å². The van der Waals surface area contributed by atoms with Gasteiger partial charge in [0.25, 0.3) is 0 Å². The molecule has 3 rings (SSSR count). The van der Waals surface area contributed by atoms with E-state index in [2.05, 4.69) is 4.57 Å². The molecule has 0 amide bonds. The average Bonchev–Trinajstić information content (AvgIpc) is 2.86. The molecule has 0 fully saturated rings. The normalized spacial score (nSPS) is 20.3. The Bertz CT molecular complexity index is 762. The number of nitrogens with zero attached hydrogens (tertiary/aromatic N) is 1. The van der Waals surface area contributed by atoms with Crippen molar-refractivity contribution in [2.45, 2.75) is 45.9 Å². The Balaban J connectivity index is 2.07. The number of ether oxygens (including phenoxy) is 2. The molecule has 0 saturated carbocycles. The van der Waals surface area contributed by atoms with Crippen molar-refractivity contribution in [1.29, 1.82) is 0 Å². The van der Waals surface area contributed by atoms with Crippen molar-refractivity contribution in [2.75, 3.05) is 6.61 Å². The molecule has 1 aliphatic rings. The maximum Gasteiger partial charge on any atom is 0.308 e. The molecule has 5 heteroatoms. The molecule has 2 aromatic rings. The summed E-state index contributed by atoms with van der Waals surface area (Å²) in [4.78, 5) is 23.7. The summed E-state index contributed by atoms with van der Waals surface area (Å²) >= 11 is 0. The Morgan fingerprint density at radius 3 is 2.87 bits per heavy atom. The molecule has 0 N–H and O–H groups in total. The van der Waals surface area contributed by atoms with Crippen LogP contribution in [0.1, 0.15) is 49.3 Å². The summed E-state index contributed by atoms with van der Waals surface area (Å²) in [5.74, 6) is -0.232. The topological polar surface area (TPSA) is 57.5 Å². The fraction of sp³-hybridized carbons (Fsp3) is 0.444. The molecule has 5 nitrogen and oxygen atoms in total. The second-order valence-corrected chi connectivity index (χ2v) is 5.92. The Morgan fingerprint density at radius 2 is 2.17 bits per heavy atom. The maximum atomic E-state index is 11.9. The van der Waals surface area contributed by atoms with Crippen molar-refractivity contribution in [2.24, 2.45) is 0 Å². The minimum absolute atomic E-state index is 0.00138. The molecule has 2 heterocycles. The van der Waals surface area contributed by atoms with Gasteiger partial charge >= 0.3 is 5.97 Å². The molecule has 1 aliphatic heterocycles. The molecule has 0 radical (unpaired) electrons. The van der Waals surface area contributed by atoms with Gasteiger partial charge in [-0.05, 0) is 32.9 Å². The fourth-order valence-corrected chi connectivity index (χ4v) is 3.26. The number of carbonyl (C=O) groups excluding carboxylic acids is 2. The zero-order valence-corrected chi connectivity index (χ0v) is 13.7. The minimum Gasteiger partial charge on any atom is -0.466 e. The quantitative estimate of drug-likeness (QED) is 0.642. The standard InChI is InChI=1S/C18H21NO4/c1-4-22-18(21)9-17-16-8-14-13(12(3)20)6-5-7-15(14)19(16)10-11(2)23-17/h5-8,11,17H,4,9-10H2,1-3H3/t11-,17+/m0/s1. The first-order valence-electron chi connectivity index (χ1n) is 7.95. The van der Waals surface area contributed by atoms with Crippen LogP contribution in [-0.4, -0.2) is 29.0 Å². The van der Waals surface area contributed by atoms with Gasteiger partial charge in [-0.25, -0.2) is 0 Å². The van der Waals surface area contributed by atoms with Crippen molar-refractivity contribution in [3.63, 3.8) is 0 Å². The van der Waals surface area contributed by atoms with Crippen LogP contribution >= 0.6 is 0 Å². The van der Waals surface area contributed by atoms with Gasteiger partial charge < -0.3 is 14.0 Å². The smallest absolute Gasteiger partial charge is 0.308 e. The van der Waals surface area contributed by atoms with Crippen LogP contribution in [0.25, 0.3) is 10.9 Å². The lowest BCUT2D eigenvalue weighted by molar-refractivity contribution is -0.148. The van der Waals surface area contributed by atoms with Crippen LogP contribution in [0.5, 0.6) is 0 Å². The van der Waals surface area contributed by atoms with E-state index in [9.17, 15) is 9.59 Å². The number of aromatic nitrogens is 1. The summed E-state index contributed by atoms with van der Waals surface area (Å²) < 4.78 is 13.2. The van der Waals surface area contributed by atoms with Gasteiger partial charge in [0.2, 0.25) is 0 Å². The van der Waals surface area contributed by atoms with E-state index < -0.39 is 0 Å². The Labute approximate surface area is 135 Å². The Morgan fingerprint density at radius 1 is 1.39 bits per heavy atom. The first kappa shape index (κ1) is 15.7. The van der Waals surface area contributed by atoms with Crippen LogP contribution in [0.3, 0.4) is 0 Å². The number of rotatable bonds is 4. The van der Waals surface area contributed by atoms with Crippen molar-refractivity contribution < 1.29 is 19.1 Å². The third-order valence-electron chi connectivity index (χ3n) is 4.18. The lowest BCUT2D eigenvalue weighted by Crippen LogP contribution is -2.29. The molecule has 1 aromatic heterocycles. The molecular formula is C18H21NO4. The second kappa shape index (κ2) is 6.16. The number of hydrogen-bond donors (Lipinski definition) is 0. The van der Waals surface area contributed by atoms with Gasteiger partial charge in [-0.15, -0.1) is 0 Å². The zero-order chi connectivity index (χ0) is 16.6. The summed E-state index contributed by atoms with van der Waals surface area (Å²) in [7, 11) is 0. The maximum absolute atomic E-state index is 11.9. The molecule has 0 aliphatic carbocycles. The predicted octanol–water partition coefficient (Wildman–Crippen LogP) is 3.26. The van der Waals surface area contributed by atoms with Crippen LogP contribution in [-0.2, 0) is 20.8 Å². The van der Waals surface area contributed by atoms with Crippen molar-refractivity contribution in [3.05, 3.63) is 35.5 Å². The first-order chi connectivity index (χ1) is 11.0. The molecule has 0 spiro atoms. The van der Waals surface area contributed by atoms with Gasteiger partial charge in [0, 0.05) is 28.7 Å². The number of benzene rings is 1. The zero-order valence-electron chi connectivity index (χ0n) is 13.7. The Hall–Kier alpha value is -2.14. The van der Waals surface area contributed by atoms with E-state index in [1.807, 2.05) is 31.2 Å². The van der Waals surface area contributed by atoms with Gasteiger partial charge in [-0.1, -0.05) is 12.1 Å². The first-order valence-corrected chi connectivity index (χ1v) is 7.95. The Kier molecular flexibility index (Phi) is 4.22. The van der Waals surface area contributed by atoms with E-state index in [-0.39, 0.29) is 30.4 Å². The predicted molar refractivity (Wildman–Crippen MR) is 86.5 cm³/mol. The van der Waals surface area contributed by atoms with Crippen LogP contribution < -0.4 is 0 Å². The number of carbonyl (C=O) groups is 2. The third-order valence-corrected chi connectivity index (χ3v) is 4.18. The summed E-state index contributed by atoms with van der Waals surface area (Å²) in [6.07, 6.45) is -0.160. The van der Waals surface area contributed by atoms with Gasteiger partial charge in [-0.2, -0.15) is 0 Å². The third kappa shape index (κ3) is 2.88. The lowest BCUT2D eigenvalue weighted by Gasteiger charge is -2.30. The van der Waals surface area contributed by atoms with E-state index in [4.69, 9.17) is 9.47 Å². The van der Waals surface area contributed by atoms with Gasteiger partial charge in [-0.3, -0.25) is 9.59 Å². The van der Waals surface area contributed by atoms with Gasteiger partial charge in [0.15, 0.2) is 5.78 Å². The van der Waals surface area contributed by atoms with E-state index in [1.54, 1.807) is 13.8 Å². The fourth-order valence-electron chi connectivity index (χ4n) is 3.26. The molecule has 0 saturated heterocycles. The summed E-state index contributed by atoms with van der Waals surface area (Å²) in [5, 5.41) is 0.918. The summed E-state index contributed by atoms with van der Waals surface area (Å²) in [5.41, 5.74) is 2.64. The number of esters is 1. The molecular weight excluding hydrogens is 294 g/mol. The molecule has 122 valence electrons. The number of Topliss-reactive ketones (excluding diaryl/α,β-unsaturated/α-hetero) is 1. The lowest BCUT2D eigenvalue weighted by atomic mass is 10.1. The van der Waals surface area contributed by atoms with E-state index in [0.717, 1.165) is 16.6 Å². The number of fused-ring (bicyclic) bond motifs is 3. The highest BCUT2D eigenvalue weighted by Crippen LogP contribution is 2.35. The van der Waals surface area contributed by atoms with Gasteiger partial charge in [0.05, 0.1) is 19.1 Å². The molecule has 2 atom stereocenters. The average molecular weight is 315 g/mol. The number of ketones is 1. The molecule has 0 bridgehead atoms. The molecule has 0 unspecified atom stereocenters.